The van der Waals surface area contributed by atoms with E-state index in [9.17, 15) is 4.79 Å². The lowest BCUT2D eigenvalue weighted by atomic mass is 10.1. The Morgan fingerprint density at radius 1 is 1.19 bits per heavy atom. The Balaban J connectivity index is 1.74. The Hall–Kier alpha value is -2.00. The zero-order chi connectivity index (χ0) is 22.1. The fourth-order valence-electron chi connectivity index (χ4n) is 3.18. The highest BCUT2D eigenvalue weighted by atomic mass is 127. The molecule has 0 aliphatic heterocycles. The number of halogens is 3. The summed E-state index contributed by atoms with van der Waals surface area (Å²) in [4.78, 5) is 19.1. The fourth-order valence-corrected chi connectivity index (χ4v) is 5.38. The van der Waals surface area contributed by atoms with Gasteiger partial charge in [-0.2, -0.15) is 5.10 Å². The summed E-state index contributed by atoms with van der Waals surface area (Å²) in [6, 6.07) is 8.87. The molecular formula is C20H14Cl2IN4O3P. The number of aromatic carboxylic acids is 1. The third kappa shape index (κ3) is 4.48. The van der Waals surface area contributed by atoms with Gasteiger partial charge in [0.05, 0.1) is 21.9 Å². The molecule has 4 rings (SSSR count). The maximum absolute atomic E-state index is 11.1. The number of nitrogens with zero attached hydrogens (tertiary/aromatic N) is 4. The summed E-state index contributed by atoms with van der Waals surface area (Å²) >= 11 is 14.8. The monoisotopic (exact) mass is 586 g/mol. The molecule has 0 saturated carbocycles. The predicted molar refractivity (Wildman–Crippen MR) is 131 cm³/mol. The van der Waals surface area contributed by atoms with E-state index < -0.39 is 12.1 Å². The molecule has 31 heavy (non-hydrogen) atoms. The van der Waals surface area contributed by atoms with Crippen LogP contribution < -0.4 is 4.74 Å². The summed E-state index contributed by atoms with van der Waals surface area (Å²) in [7, 11) is 0. The first-order valence-corrected chi connectivity index (χ1v) is 13.8. The van der Waals surface area contributed by atoms with E-state index >= 15 is 0 Å². The Morgan fingerprint density at radius 2 is 1.94 bits per heavy atom. The molecule has 3 aromatic heterocycles. The first kappa shape index (κ1) is 22.2. The van der Waals surface area contributed by atoms with Gasteiger partial charge in [0, 0.05) is 35.1 Å². The van der Waals surface area contributed by atoms with Crippen molar-refractivity contribution in [1.29, 1.82) is 0 Å². The van der Waals surface area contributed by atoms with Gasteiger partial charge in [0.1, 0.15) is 23.2 Å². The number of pyridine rings is 2. The minimum absolute atomic E-state index is 0.0211. The predicted octanol–water partition coefficient (Wildman–Crippen LogP) is 6.43. The van der Waals surface area contributed by atoms with Gasteiger partial charge in [-0.05, 0) is 59.3 Å². The molecule has 3 heterocycles. The number of rotatable bonds is 6. The topological polar surface area (TPSA) is 90.1 Å². The number of carboxylic acid groups (broad SMARTS) is 1. The van der Waals surface area contributed by atoms with E-state index in [1.807, 2.05) is 29.6 Å². The second kappa shape index (κ2) is 9.24. The van der Waals surface area contributed by atoms with E-state index in [1.165, 1.54) is 24.7 Å². The number of carbonyl (C=O) groups is 1. The lowest BCUT2D eigenvalue weighted by Gasteiger charge is -2.17. The highest BCUT2D eigenvalue weighted by Crippen LogP contribution is 2.38. The second-order valence-corrected chi connectivity index (χ2v) is 9.39. The SMILES string of the molecule is C[C@@H](Oc1ccc2c(c1)c(-c1ccc(C(=O)O)nc1)nn2PI)c1c(Cl)cncc1Cl. The van der Waals surface area contributed by atoms with Crippen molar-refractivity contribution in [2.24, 2.45) is 0 Å². The molecule has 1 aromatic carbocycles. The first-order valence-electron chi connectivity index (χ1n) is 8.93. The third-order valence-corrected chi connectivity index (χ3v) is 7.07. The van der Waals surface area contributed by atoms with Gasteiger partial charge in [0.15, 0.2) is 0 Å². The van der Waals surface area contributed by atoms with Crippen molar-refractivity contribution in [3.63, 3.8) is 0 Å². The minimum Gasteiger partial charge on any atom is -0.486 e. The lowest BCUT2D eigenvalue weighted by Crippen LogP contribution is -2.05. The molecule has 1 N–H and O–H groups in total. The highest BCUT2D eigenvalue weighted by Gasteiger charge is 2.18. The van der Waals surface area contributed by atoms with Crippen LogP contribution in [0, 0.1) is 0 Å². The normalized spacial score (nSPS) is 12.5. The second-order valence-electron chi connectivity index (χ2n) is 6.54. The summed E-state index contributed by atoms with van der Waals surface area (Å²) in [6.45, 7) is 1.86. The number of fused-ring (bicyclic) bond motifs is 1. The van der Waals surface area contributed by atoms with Crippen molar-refractivity contribution in [3.05, 3.63) is 70.2 Å². The highest BCUT2D eigenvalue weighted by molar-refractivity contribution is 14.2. The largest absolute Gasteiger partial charge is 0.486 e. The van der Waals surface area contributed by atoms with Crippen LogP contribution in [0.5, 0.6) is 5.75 Å². The number of hydrogen-bond acceptors (Lipinski definition) is 5. The summed E-state index contributed by atoms with van der Waals surface area (Å²) in [5, 5.41) is 15.5. The van der Waals surface area contributed by atoms with E-state index in [-0.39, 0.29) is 5.69 Å². The van der Waals surface area contributed by atoms with Crippen molar-refractivity contribution in [2.75, 3.05) is 0 Å². The van der Waals surface area contributed by atoms with Crippen LogP contribution in [0.3, 0.4) is 0 Å². The van der Waals surface area contributed by atoms with Crippen LogP contribution in [0.15, 0.2) is 48.9 Å². The molecule has 0 amide bonds. The molecular weight excluding hydrogens is 573 g/mol. The number of ether oxygens (including phenoxy) is 1. The van der Waals surface area contributed by atoms with E-state index in [2.05, 4.69) is 37.1 Å². The van der Waals surface area contributed by atoms with Crippen molar-refractivity contribution in [2.45, 2.75) is 13.0 Å². The number of hydrogen-bond donors (Lipinski definition) is 1. The Labute approximate surface area is 202 Å². The van der Waals surface area contributed by atoms with Gasteiger partial charge >= 0.3 is 5.97 Å². The summed E-state index contributed by atoms with van der Waals surface area (Å²) in [5.41, 5.74) is 2.99. The van der Waals surface area contributed by atoms with Crippen LogP contribution in [-0.4, -0.2) is 30.6 Å². The van der Waals surface area contributed by atoms with Gasteiger partial charge in [0.2, 0.25) is 0 Å². The van der Waals surface area contributed by atoms with E-state index in [0.29, 0.717) is 39.0 Å². The summed E-state index contributed by atoms with van der Waals surface area (Å²) in [5.74, 6) is -0.453. The van der Waals surface area contributed by atoms with Crippen LogP contribution in [0.1, 0.15) is 29.1 Å². The Kier molecular flexibility index (Phi) is 6.62. The molecule has 0 aliphatic rings. The van der Waals surface area contributed by atoms with Crippen molar-refractivity contribution in [3.8, 4) is 17.0 Å². The molecule has 158 valence electrons. The number of benzene rings is 1. The average molecular weight is 587 g/mol. The number of carboxylic acids is 1. The molecule has 0 saturated heterocycles. The van der Waals surface area contributed by atoms with Crippen LogP contribution in [0.4, 0.5) is 0 Å². The summed E-state index contributed by atoms with van der Waals surface area (Å²) < 4.78 is 8.02. The van der Waals surface area contributed by atoms with Crippen molar-refractivity contribution >= 4 is 68.5 Å². The van der Waals surface area contributed by atoms with Crippen molar-refractivity contribution in [1.82, 2.24) is 19.5 Å². The molecule has 0 aliphatic carbocycles. The molecule has 0 bridgehead atoms. The van der Waals surface area contributed by atoms with E-state index in [1.54, 1.807) is 6.07 Å². The van der Waals surface area contributed by atoms with Gasteiger partial charge in [0.25, 0.3) is 0 Å². The van der Waals surface area contributed by atoms with E-state index in [4.69, 9.17) is 33.0 Å². The average Bonchev–Trinajstić information content (AvgIpc) is 3.11. The molecule has 2 atom stereocenters. The van der Waals surface area contributed by atoms with Gasteiger partial charge < -0.3 is 9.84 Å². The van der Waals surface area contributed by atoms with Gasteiger partial charge in [-0.15, -0.1) is 0 Å². The maximum atomic E-state index is 11.1. The smallest absolute Gasteiger partial charge is 0.354 e. The molecule has 4 aromatic rings. The molecule has 7 nitrogen and oxygen atoms in total. The zero-order valence-corrected chi connectivity index (χ0v) is 20.6. The Bertz CT molecular complexity index is 1260. The van der Waals surface area contributed by atoms with Crippen molar-refractivity contribution < 1.29 is 14.6 Å². The lowest BCUT2D eigenvalue weighted by molar-refractivity contribution is 0.0690. The third-order valence-electron chi connectivity index (χ3n) is 4.60. The Morgan fingerprint density at radius 3 is 2.55 bits per heavy atom. The van der Waals surface area contributed by atoms with E-state index in [0.717, 1.165) is 10.9 Å². The molecule has 11 heteroatoms. The first-order chi connectivity index (χ1) is 14.9. The standard InChI is InChI=1S/C20H14Cl2IN4O3P/c1-10(18-14(21)8-24-9-15(18)22)30-12-3-5-17-13(6-12)19(26-27(17)31-23)11-2-4-16(20(28)29)25-7-11/h2-10,31H,1H3,(H,28,29)/t10-/m1/s1. The molecule has 0 radical (unpaired) electrons. The molecule has 0 fully saturated rings. The van der Waals surface area contributed by atoms with Crippen LogP contribution in [0.2, 0.25) is 10.0 Å². The van der Waals surface area contributed by atoms with Crippen LogP contribution >= 0.6 is 51.6 Å². The zero-order valence-electron chi connectivity index (χ0n) is 15.9. The molecule has 1 unspecified atom stereocenters. The maximum Gasteiger partial charge on any atom is 0.354 e. The fraction of sp³-hybridized carbons (Fsp3) is 0.100. The van der Waals surface area contributed by atoms with Crippen LogP contribution in [-0.2, 0) is 0 Å². The number of aromatic nitrogens is 4. The van der Waals surface area contributed by atoms with Gasteiger partial charge in [-0.1, -0.05) is 23.2 Å². The minimum atomic E-state index is -1.08. The van der Waals surface area contributed by atoms with Gasteiger partial charge in [-0.3, -0.25) is 4.98 Å². The molecule has 0 spiro atoms. The van der Waals surface area contributed by atoms with Crippen LogP contribution in [0.25, 0.3) is 22.2 Å². The quantitative estimate of drug-likeness (QED) is 0.207. The van der Waals surface area contributed by atoms with Gasteiger partial charge in [-0.25, -0.2) is 14.2 Å². The summed E-state index contributed by atoms with van der Waals surface area (Å²) in [6.07, 6.45) is 4.56.